The smallest absolute Gasteiger partial charge is 0.130 e. The maximum Gasteiger partial charge on any atom is 0.130 e. The molecule has 0 atom stereocenters. The maximum absolute atomic E-state index is 5.70. The first-order valence-corrected chi connectivity index (χ1v) is 6.23. The minimum Gasteiger partial charge on any atom is -0.464 e. The van der Waals surface area contributed by atoms with Crippen LogP contribution >= 0.6 is 0 Å². The minimum absolute atomic E-state index is 0.128. The number of ether oxygens (including phenoxy) is 1. The van der Waals surface area contributed by atoms with Crippen LogP contribution in [0.2, 0.25) is 0 Å². The fourth-order valence-corrected chi connectivity index (χ4v) is 1.44. The van der Waals surface area contributed by atoms with Gasteiger partial charge in [-0.1, -0.05) is 13.8 Å². The zero-order chi connectivity index (χ0) is 13.1. The average Bonchev–Trinajstić information content (AvgIpc) is 2.52. The molecule has 17 heavy (non-hydrogen) atoms. The Bertz CT molecular complexity index is 348. The van der Waals surface area contributed by atoms with Crippen LogP contribution in [0, 0.1) is 6.92 Å². The third-order valence-electron chi connectivity index (χ3n) is 2.42. The van der Waals surface area contributed by atoms with Crippen LogP contribution < -0.4 is 5.32 Å². The third kappa shape index (κ3) is 5.37. The van der Waals surface area contributed by atoms with E-state index in [0.29, 0.717) is 12.6 Å². The summed E-state index contributed by atoms with van der Waals surface area (Å²) in [4.78, 5) is 0. The molecule has 0 aliphatic rings. The van der Waals surface area contributed by atoms with Crippen molar-refractivity contribution in [1.82, 2.24) is 5.32 Å². The van der Waals surface area contributed by atoms with Gasteiger partial charge in [-0.15, -0.1) is 0 Å². The van der Waals surface area contributed by atoms with Gasteiger partial charge in [0.05, 0.1) is 5.60 Å². The van der Waals surface area contributed by atoms with Crippen LogP contribution in [0.5, 0.6) is 0 Å². The summed E-state index contributed by atoms with van der Waals surface area (Å²) in [6, 6.07) is 2.56. The normalized spacial score (nSPS) is 12.4. The topological polar surface area (TPSA) is 34.4 Å². The second-order valence-corrected chi connectivity index (χ2v) is 5.73. The zero-order valence-corrected chi connectivity index (χ0v) is 11.9. The van der Waals surface area contributed by atoms with Crippen molar-refractivity contribution in [1.29, 1.82) is 0 Å². The maximum atomic E-state index is 5.70. The van der Waals surface area contributed by atoms with E-state index in [1.165, 1.54) is 5.56 Å². The van der Waals surface area contributed by atoms with Crippen molar-refractivity contribution in [2.45, 2.75) is 66.3 Å². The molecule has 0 aliphatic carbocycles. The highest BCUT2D eigenvalue weighted by molar-refractivity contribution is 5.20. The lowest BCUT2D eigenvalue weighted by atomic mass is 10.2. The molecule has 0 saturated carbocycles. The summed E-state index contributed by atoms with van der Waals surface area (Å²) in [5, 5.41) is 3.39. The monoisotopic (exact) mass is 239 g/mol. The molecule has 0 fully saturated rings. The van der Waals surface area contributed by atoms with Gasteiger partial charge in [0.25, 0.3) is 0 Å². The fraction of sp³-hybridized carbons (Fsp3) is 0.714. The van der Waals surface area contributed by atoms with Crippen molar-refractivity contribution >= 4 is 0 Å². The Morgan fingerprint density at radius 2 is 2.00 bits per heavy atom. The van der Waals surface area contributed by atoms with E-state index in [1.807, 2.05) is 27.7 Å². The van der Waals surface area contributed by atoms with Crippen LogP contribution in [0.15, 0.2) is 10.5 Å². The summed E-state index contributed by atoms with van der Waals surface area (Å²) in [7, 11) is 0. The third-order valence-corrected chi connectivity index (χ3v) is 2.42. The molecular formula is C14H25NO2. The SMILES string of the molecule is Cc1oc(COC(C)(C)C)cc1CNC(C)C. The predicted molar refractivity (Wildman–Crippen MR) is 70.0 cm³/mol. The van der Waals surface area contributed by atoms with Gasteiger partial charge in [0.2, 0.25) is 0 Å². The summed E-state index contributed by atoms with van der Waals surface area (Å²) in [5.74, 6) is 1.88. The fourth-order valence-electron chi connectivity index (χ4n) is 1.44. The summed E-state index contributed by atoms with van der Waals surface area (Å²) in [5.41, 5.74) is 1.09. The highest BCUT2D eigenvalue weighted by Gasteiger charge is 2.13. The molecule has 0 saturated heterocycles. The molecule has 1 rings (SSSR count). The number of hydrogen-bond acceptors (Lipinski definition) is 3. The molecule has 1 aromatic heterocycles. The second-order valence-electron chi connectivity index (χ2n) is 5.73. The van der Waals surface area contributed by atoms with Crippen molar-refractivity contribution in [2.24, 2.45) is 0 Å². The van der Waals surface area contributed by atoms with Crippen molar-refractivity contribution in [3.63, 3.8) is 0 Å². The first-order chi connectivity index (χ1) is 7.78. The first-order valence-electron chi connectivity index (χ1n) is 6.23. The van der Waals surface area contributed by atoms with Gasteiger partial charge >= 0.3 is 0 Å². The number of nitrogens with one attached hydrogen (secondary N) is 1. The lowest BCUT2D eigenvalue weighted by Gasteiger charge is -2.18. The van der Waals surface area contributed by atoms with Crippen LogP contribution in [0.4, 0.5) is 0 Å². The van der Waals surface area contributed by atoms with Gasteiger partial charge in [-0.05, 0) is 33.8 Å². The van der Waals surface area contributed by atoms with Crippen LogP contribution in [0.3, 0.4) is 0 Å². The zero-order valence-electron chi connectivity index (χ0n) is 11.9. The number of hydrogen-bond donors (Lipinski definition) is 1. The molecule has 1 N–H and O–H groups in total. The summed E-state index contributed by atoms with van der Waals surface area (Å²) >= 11 is 0. The minimum atomic E-state index is -0.128. The van der Waals surface area contributed by atoms with Gasteiger partial charge in [0.1, 0.15) is 18.1 Å². The van der Waals surface area contributed by atoms with E-state index in [9.17, 15) is 0 Å². The van der Waals surface area contributed by atoms with Crippen molar-refractivity contribution in [3.05, 3.63) is 23.2 Å². The second kappa shape index (κ2) is 5.69. The largest absolute Gasteiger partial charge is 0.464 e. The average molecular weight is 239 g/mol. The van der Waals surface area contributed by atoms with Crippen LogP contribution in [-0.4, -0.2) is 11.6 Å². The lowest BCUT2D eigenvalue weighted by molar-refractivity contribution is -0.0226. The standard InChI is InChI=1S/C14H25NO2/c1-10(2)15-8-12-7-13(17-11(12)3)9-16-14(4,5)6/h7,10,15H,8-9H2,1-6H3. The van der Waals surface area contributed by atoms with E-state index in [0.717, 1.165) is 18.1 Å². The van der Waals surface area contributed by atoms with Crippen LogP contribution in [0.25, 0.3) is 0 Å². The molecule has 0 amide bonds. The van der Waals surface area contributed by atoms with Crippen molar-refractivity contribution in [3.8, 4) is 0 Å². The van der Waals surface area contributed by atoms with Gasteiger partial charge in [-0.2, -0.15) is 0 Å². The molecule has 1 heterocycles. The van der Waals surface area contributed by atoms with Crippen LogP contribution in [-0.2, 0) is 17.9 Å². The van der Waals surface area contributed by atoms with Gasteiger partial charge in [-0.3, -0.25) is 0 Å². The van der Waals surface area contributed by atoms with E-state index in [2.05, 4.69) is 25.2 Å². The molecule has 3 heteroatoms. The van der Waals surface area contributed by atoms with E-state index < -0.39 is 0 Å². The lowest BCUT2D eigenvalue weighted by Crippen LogP contribution is -2.21. The van der Waals surface area contributed by atoms with E-state index in [4.69, 9.17) is 9.15 Å². The van der Waals surface area contributed by atoms with Crippen molar-refractivity contribution in [2.75, 3.05) is 0 Å². The van der Waals surface area contributed by atoms with Gasteiger partial charge in [0, 0.05) is 18.2 Å². The first kappa shape index (κ1) is 14.3. The summed E-state index contributed by atoms with van der Waals surface area (Å²) in [6.07, 6.45) is 0. The molecule has 0 bridgehead atoms. The Balaban J connectivity index is 2.55. The highest BCUT2D eigenvalue weighted by atomic mass is 16.5. The Kier molecular flexibility index (Phi) is 4.78. The quantitative estimate of drug-likeness (QED) is 0.855. The van der Waals surface area contributed by atoms with E-state index in [-0.39, 0.29) is 5.60 Å². The van der Waals surface area contributed by atoms with Crippen LogP contribution in [0.1, 0.15) is 51.7 Å². The van der Waals surface area contributed by atoms with Gasteiger partial charge < -0.3 is 14.5 Å². The Hall–Kier alpha value is -0.800. The Labute approximate surface area is 105 Å². The van der Waals surface area contributed by atoms with E-state index in [1.54, 1.807) is 0 Å². The predicted octanol–water partition coefficient (Wildman–Crippen LogP) is 3.40. The molecular weight excluding hydrogens is 214 g/mol. The molecule has 98 valence electrons. The molecule has 1 aromatic rings. The molecule has 3 nitrogen and oxygen atoms in total. The van der Waals surface area contributed by atoms with E-state index >= 15 is 0 Å². The molecule has 0 unspecified atom stereocenters. The Morgan fingerprint density at radius 3 is 2.53 bits per heavy atom. The van der Waals surface area contributed by atoms with Gasteiger partial charge in [-0.25, -0.2) is 0 Å². The Morgan fingerprint density at radius 1 is 1.35 bits per heavy atom. The van der Waals surface area contributed by atoms with Gasteiger partial charge in [0.15, 0.2) is 0 Å². The molecule has 0 aromatic carbocycles. The summed E-state index contributed by atoms with van der Waals surface area (Å²) < 4.78 is 11.4. The van der Waals surface area contributed by atoms with Crippen molar-refractivity contribution < 1.29 is 9.15 Å². The molecule has 0 aliphatic heterocycles. The summed E-state index contributed by atoms with van der Waals surface area (Å²) in [6.45, 7) is 13.8. The number of furan rings is 1. The number of aryl methyl sites for hydroxylation is 1. The molecule has 0 radical (unpaired) electrons. The molecule has 0 spiro atoms. The number of rotatable bonds is 5. The highest BCUT2D eigenvalue weighted by Crippen LogP contribution is 2.18.